The monoisotopic (exact) mass is 287 g/mol. The normalized spacial score (nSPS) is 11.7. The Bertz CT molecular complexity index is 654. The highest BCUT2D eigenvalue weighted by molar-refractivity contribution is 7.89. The zero-order valence-corrected chi connectivity index (χ0v) is 11.0. The number of halogens is 1. The quantitative estimate of drug-likeness (QED) is 0.862. The standard InChI is InChI=1S/C10H10ClN3O3S/c1-7-5-8(14-17-7)6-13-18(15,16)9-3-2-4-12-10(9)11/h2-5,13H,6H2,1H3. The molecule has 0 aliphatic rings. The number of aromatic nitrogens is 2. The Hall–Kier alpha value is -1.44. The van der Waals surface area contributed by atoms with E-state index in [4.69, 9.17) is 16.1 Å². The molecule has 0 spiro atoms. The summed E-state index contributed by atoms with van der Waals surface area (Å²) in [6, 6.07) is 4.53. The van der Waals surface area contributed by atoms with Crippen molar-refractivity contribution in [2.45, 2.75) is 18.4 Å². The van der Waals surface area contributed by atoms with E-state index in [1.54, 1.807) is 13.0 Å². The second-order valence-electron chi connectivity index (χ2n) is 3.55. The Morgan fingerprint density at radius 2 is 2.28 bits per heavy atom. The van der Waals surface area contributed by atoms with E-state index in [0.717, 1.165) is 0 Å². The van der Waals surface area contributed by atoms with Crippen LogP contribution >= 0.6 is 11.6 Å². The maximum atomic E-state index is 11.9. The molecular formula is C10H10ClN3O3S. The number of aryl methyl sites for hydroxylation is 1. The van der Waals surface area contributed by atoms with Crippen molar-refractivity contribution in [1.82, 2.24) is 14.9 Å². The Kier molecular flexibility index (Phi) is 3.65. The van der Waals surface area contributed by atoms with Crippen LogP contribution < -0.4 is 4.72 Å². The summed E-state index contributed by atoms with van der Waals surface area (Å²) < 4.78 is 31.1. The lowest BCUT2D eigenvalue weighted by atomic mass is 10.4. The maximum Gasteiger partial charge on any atom is 0.243 e. The van der Waals surface area contributed by atoms with E-state index >= 15 is 0 Å². The third-order valence-electron chi connectivity index (χ3n) is 2.13. The Balaban J connectivity index is 2.16. The van der Waals surface area contributed by atoms with Gasteiger partial charge < -0.3 is 4.52 Å². The van der Waals surface area contributed by atoms with Crippen LogP contribution in [0.2, 0.25) is 5.15 Å². The number of nitrogens with zero attached hydrogens (tertiary/aromatic N) is 2. The molecule has 0 fully saturated rings. The van der Waals surface area contributed by atoms with Crippen molar-refractivity contribution in [3.8, 4) is 0 Å². The summed E-state index contributed by atoms with van der Waals surface area (Å²) >= 11 is 5.73. The molecule has 2 aromatic heterocycles. The van der Waals surface area contributed by atoms with Crippen LogP contribution in [0.25, 0.3) is 0 Å². The Morgan fingerprint density at radius 3 is 2.89 bits per heavy atom. The van der Waals surface area contributed by atoms with E-state index in [1.807, 2.05) is 0 Å². The SMILES string of the molecule is Cc1cc(CNS(=O)(=O)c2cccnc2Cl)no1. The molecule has 0 aromatic carbocycles. The molecule has 0 aliphatic carbocycles. The number of hydrogen-bond donors (Lipinski definition) is 1. The van der Waals surface area contributed by atoms with Gasteiger partial charge in [-0.2, -0.15) is 0 Å². The van der Waals surface area contributed by atoms with Gasteiger partial charge in [-0.25, -0.2) is 18.1 Å². The number of sulfonamides is 1. The smallest absolute Gasteiger partial charge is 0.243 e. The van der Waals surface area contributed by atoms with E-state index in [0.29, 0.717) is 11.5 Å². The van der Waals surface area contributed by atoms with E-state index in [9.17, 15) is 8.42 Å². The molecule has 1 N–H and O–H groups in total. The van der Waals surface area contributed by atoms with Crippen molar-refractivity contribution in [1.29, 1.82) is 0 Å². The van der Waals surface area contributed by atoms with Gasteiger partial charge >= 0.3 is 0 Å². The van der Waals surface area contributed by atoms with E-state index in [-0.39, 0.29) is 16.6 Å². The molecular weight excluding hydrogens is 278 g/mol. The summed E-state index contributed by atoms with van der Waals surface area (Å²) in [6.07, 6.45) is 1.42. The van der Waals surface area contributed by atoms with Gasteiger partial charge in [0.1, 0.15) is 15.8 Å². The minimum absolute atomic E-state index is 0.0326. The number of nitrogens with one attached hydrogen (secondary N) is 1. The average Bonchev–Trinajstić information content (AvgIpc) is 2.73. The Morgan fingerprint density at radius 1 is 1.50 bits per heavy atom. The molecule has 6 nitrogen and oxygen atoms in total. The topological polar surface area (TPSA) is 85.1 Å². The number of hydrogen-bond acceptors (Lipinski definition) is 5. The van der Waals surface area contributed by atoms with Gasteiger partial charge in [-0.3, -0.25) is 0 Å². The first-order valence-corrected chi connectivity index (χ1v) is 6.87. The van der Waals surface area contributed by atoms with Crippen LogP contribution in [0.4, 0.5) is 0 Å². The van der Waals surface area contributed by atoms with Gasteiger partial charge in [0, 0.05) is 12.3 Å². The van der Waals surface area contributed by atoms with E-state index in [2.05, 4.69) is 14.9 Å². The second-order valence-corrected chi connectivity index (χ2v) is 5.64. The molecule has 2 heterocycles. The third-order valence-corrected chi connectivity index (χ3v) is 3.98. The molecule has 8 heteroatoms. The summed E-state index contributed by atoms with van der Waals surface area (Å²) in [5, 5.41) is 3.62. The summed E-state index contributed by atoms with van der Waals surface area (Å²) in [4.78, 5) is 3.65. The van der Waals surface area contributed by atoms with Crippen LogP contribution in [0.15, 0.2) is 33.8 Å². The van der Waals surface area contributed by atoms with Crippen LogP contribution in [0.1, 0.15) is 11.5 Å². The van der Waals surface area contributed by atoms with Crippen LogP contribution in [0, 0.1) is 6.92 Å². The van der Waals surface area contributed by atoms with Gasteiger partial charge in [-0.05, 0) is 19.1 Å². The molecule has 0 radical (unpaired) electrons. The molecule has 2 aromatic rings. The van der Waals surface area contributed by atoms with Gasteiger partial charge in [0.15, 0.2) is 0 Å². The van der Waals surface area contributed by atoms with Gasteiger partial charge in [-0.15, -0.1) is 0 Å². The minimum Gasteiger partial charge on any atom is -0.361 e. The largest absolute Gasteiger partial charge is 0.361 e. The zero-order chi connectivity index (χ0) is 13.2. The predicted molar refractivity (Wildman–Crippen MR) is 64.5 cm³/mol. The first-order valence-electron chi connectivity index (χ1n) is 5.01. The first-order chi connectivity index (χ1) is 8.49. The van der Waals surface area contributed by atoms with Crippen molar-refractivity contribution in [3.63, 3.8) is 0 Å². The first kappa shape index (κ1) is 13.0. The lowest BCUT2D eigenvalue weighted by Crippen LogP contribution is -2.23. The fourth-order valence-corrected chi connectivity index (χ4v) is 2.77. The third kappa shape index (κ3) is 2.87. The zero-order valence-electron chi connectivity index (χ0n) is 9.42. The van der Waals surface area contributed by atoms with E-state index in [1.165, 1.54) is 18.3 Å². The van der Waals surface area contributed by atoms with Crippen molar-refractivity contribution in [2.24, 2.45) is 0 Å². The molecule has 0 saturated carbocycles. The molecule has 18 heavy (non-hydrogen) atoms. The van der Waals surface area contributed by atoms with Gasteiger partial charge in [0.05, 0.1) is 12.2 Å². The molecule has 0 unspecified atom stereocenters. The number of pyridine rings is 1. The summed E-state index contributed by atoms with van der Waals surface area (Å²) in [5.74, 6) is 0.614. The summed E-state index contributed by atoms with van der Waals surface area (Å²) in [6.45, 7) is 1.76. The van der Waals surface area contributed by atoms with Crippen molar-refractivity contribution >= 4 is 21.6 Å². The van der Waals surface area contributed by atoms with E-state index < -0.39 is 10.0 Å². The maximum absolute atomic E-state index is 11.9. The van der Waals surface area contributed by atoms with Crippen molar-refractivity contribution < 1.29 is 12.9 Å². The molecule has 0 bridgehead atoms. The van der Waals surface area contributed by atoms with Crippen molar-refractivity contribution in [2.75, 3.05) is 0 Å². The molecule has 0 saturated heterocycles. The van der Waals surface area contributed by atoms with Gasteiger partial charge in [-0.1, -0.05) is 16.8 Å². The highest BCUT2D eigenvalue weighted by Gasteiger charge is 2.18. The van der Waals surface area contributed by atoms with Crippen LogP contribution in [0.5, 0.6) is 0 Å². The summed E-state index contributed by atoms with van der Waals surface area (Å²) in [7, 11) is -3.71. The fourth-order valence-electron chi connectivity index (χ4n) is 1.32. The van der Waals surface area contributed by atoms with Crippen molar-refractivity contribution in [3.05, 3.63) is 41.0 Å². The second kappa shape index (κ2) is 5.05. The number of rotatable bonds is 4. The highest BCUT2D eigenvalue weighted by atomic mass is 35.5. The molecule has 2 rings (SSSR count). The Labute approximate surface area is 109 Å². The molecule has 0 atom stereocenters. The molecule has 0 amide bonds. The van der Waals surface area contributed by atoms with Crippen LogP contribution in [0.3, 0.4) is 0 Å². The van der Waals surface area contributed by atoms with Gasteiger partial charge in [0.2, 0.25) is 10.0 Å². The lowest BCUT2D eigenvalue weighted by molar-refractivity contribution is 0.390. The van der Waals surface area contributed by atoms with Gasteiger partial charge in [0.25, 0.3) is 0 Å². The lowest BCUT2D eigenvalue weighted by Gasteiger charge is -2.05. The summed E-state index contributed by atoms with van der Waals surface area (Å²) in [5.41, 5.74) is 0.496. The molecule has 0 aliphatic heterocycles. The van der Waals surface area contributed by atoms with Crippen LogP contribution in [-0.4, -0.2) is 18.6 Å². The average molecular weight is 288 g/mol. The fraction of sp³-hybridized carbons (Fsp3) is 0.200. The predicted octanol–water partition coefficient (Wildman–Crippen LogP) is 1.51. The minimum atomic E-state index is -3.71. The highest BCUT2D eigenvalue weighted by Crippen LogP contribution is 2.17. The van der Waals surface area contributed by atoms with Crippen LogP contribution in [-0.2, 0) is 16.6 Å². The molecule has 96 valence electrons.